The highest BCUT2D eigenvalue weighted by molar-refractivity contribution is 7.92. The van der Waals surface area contributed by atoms with E-state index in [1.54, 1.807) is 0 Å². The topological polar surface area (TPSA) is 86.5 Å². The van der Waals surface area contributed by atoms with E-state index >= 15 is 0 Å². The third-order valence-electron chi connectivity index (χ3n) is 3.44. The van der Waals surface area contributed by atoms with Crippen molar-refractivity contribution < 1.29 is 17.9 Å². The van der Waals surface area contributed by atoms with Crippen LogP contribution in [0.1, 0.15) is 32.6 Å². The second-order valence-electron chi connectivity index (χ2n) is 4.83. The number of methoxy groups -OCH3 is 1. The second-order valence-corrected chi connectivity index (χ2v) is 7.11. The summed E-state index contributed by atoms with van der Waals surface area (Å²) in [5, 5.41) is -0.488. The normalized spacial score (nSPS) is 19.7. The van der Waals surface area contributed by atoms with Crippen LogP contribution in [0.25, 0.3) is 0 Å². The van der Waals surface area contributed by atoms with Gasteiger partial charge in [-0.25, -0.2) is 8.42 Å². The van der Waals surface area contributed by atoms with Crippen LogP contribution in [0.5, 0.6) is 0 Å². The number of hydrogen-bond donors (Lipinski definition) is 1. The van der Waals surface area contributed by atoms with Crippen LogP contribution in [0.4, 0.5) is 0 Å². The van der Waals surface area contributed by atoms with Gasteiger partial charge in [-0.3, -0.25) is 4.79 Å². The zero-order valence-corrected chi connectivity index (χ0v) is 11.3. The van der Waals surface area contributed by atoms with E-state index in [9.17, 15) is 13.2 Å². The number of carbonyl (C=O) groups is 1. The minimum atomic E-state index is -3.20. The molecular weight excluding hydrogens is 242 g/mol. The fourth-order valence-corrected chi connectivity index (χ4v) is 4.32. The maximum atomic E-state index is 12.1. The Labute approximate surface area is 103 Å². The van der Waals surface area contributed by atoms with E-state index in [2.05, 4.69) is 4.74 Å². The molecule has 0 aromatic heterocycles. The van der Waals surface area contributed by atoms with Crippen molar-refractivity contribution in [2.45, 2.75) is 37.9 Å². The Balaban J connectivity index is 2.67. The van der Waals surface area contributed by atoms with E-state index in [1.165, 1.54) is 7.11 Å². The number of rotatable bonds is 7. The summed E-state index contributed by atoms with van der Waals surface area (Å²) in [4.78, 5) is 11.2. The Morgan fingerprint density at radius 2 is 2.06 bits per heavy atom. The Bertz CT molecular complexity index is 369. The fraction of sp³-hybridized carbons (Fsp3) is 0.909. The quantitative estimate of drug-likeness (QED) is 0.675. The van der Waals surface area contributed by atoms with E-state index in [0.717, 1.165) is 12.8 Å². The Morgan fingerprint density at radius 1 is 1.47 bits per heavy atom. The van der Waals surface area contributed by atoms with Gasteiger partial charge in [-0.1, -0.05) is 6.92 Å². The number of carbonyl (C=O) groups excluding carboxylic acids is 1. The molecule has 0 aromatic rings. The molecule has 1 fully saturated rings. The molecule has 0 amide bonds. The minimum absolute atomic E-state index is 0.0603. The zero-order valence-electron chi connectivity index (χ0n) is 10.4. The number of sulfone groups is 1. The number of nitrogens with two attached hydrogens (primary N) is 1. The van der Waals surface area contributed by atoms with Gasteiger partial charge in [0, 0.05) is 6.54 Å². The lowest BCUT2D eigenvalue weighted by Gasteiger charge is -2.18. The second kappa shape index (κ2) is 5.35. The van der Waals surface area contributed by atoms with Crippen molar-refractivity contribution in [1.29, 1.82) is 0 Å². The summed E-state index contributed by atoms with van der Waals surface area (Å²) < 4.78 is 28.8. The van der Waals surface area contributed by atoms with Gasteiger partial charge in [0.15, 0.2) is 9.84 Å². The maximum Gasteiger partial charge on any atom is 0.306 e. The first-order chi connectivity index (χ1) is 7.89. The van der Waals surface area contributed by atoms with Crippen LogP contribution in [0, 0.1) is 5.41 Å². The Morgan fingerprint density at radius 3 is 2.41 bits per heavy atom. The molecule has 17 heavy (non-hydrogen) atoms. The molecular formula is C11H21NO4S. The van der Waals surface area contributed by atoms with Gasteiger partial charge in [-0.2, -0.15) is 0 Å². The van der Waals surface area contributed by atoms with Gasteiger partial charge in [0.05, 0.1) is 24.5 Å². The molecule has 0 heterocycles. The predicted molar refractivity (Wildman–Crippen MR) is 65.2 cm³/mol. The van der Waals surface area contributed by atoms with Gasteiger partial charge in [0.25, 0.3) is 0 Å². The smallest absolute Gasteiger partial charge is 0.306 e. The molecule has 0 spiro atoms. The Hall–Kier alpha value is -0.620. The average molecular weight is 263 g/mol. The van der Waals surface area contributed by atoms with E-state index < -0.39 is 15.1 Å². The van der Waals surface area contributed by atoms with Crippen LogP contribution in [0.15, 0.2) is 0 Å². The summed E-state index contributed by atoms with van der Waals surface area (Å²) >= 11 is 0. The van der Waals surface area contributed by atoms with Crippen molar-refractivity contribution in [3.8, 4) is 0 Å². The summed E-state index contributed by atoms with van der Waals surface area (Å²) in [6.45, 7) is 1.96. The third-order valence-corrected chi connectivity index (χ3v) is 5.99. The van der Waals surface area contributed by atoms with Crippen LogP contribution < -0.4 is 5.73 Å². The molecule has 0 aliphatic heterocycles. The van der Waals surface area contributed by atoms with Crippen molar-refractivity contribution in [1.82, 2.24) is 0 Å². The SMILES string of the molecule is CCC(CN)S(=O)(=O)CC1(CC(=O)OC)CC1. The molecule has 100 valence electrons. The van der Waals surface area contributed by atoms with Crippen molar-refractivity contribution in [2.75, 3.05) is 19.4 Å². The highest BCUT2D eigenvalue weighted by Crippen LogP contribution is 2.50. The lowest BCUT2D eigenvalue weighted by Crippen LogP contribution is -2.34. The van der Waals surface area contributed by atoms with Crippen molar-refractivity contribution in [3.05, 3.63) is 0 Å². The van der Waals surface area contributed by atoms with Crippen molar-refractivity contribution in [2.24, 2.45) is 11.1 Å². The maximum absolute atomic E-state index is 12.1. The molecule has 1 aliphatic rings. The zero-order chi connectivity index (χ0) is 13.1. The van der Waals surface area contributed by atoms with Gasteiger partial charge in [-0.05, 0) is 24.7 Å². The molecule has 0 aromatic carbocycles. The average Bonchev–Trinajstić information content (AvgIpc) is 2.97. The number of ether oxygens (including phenoxy) is 1. The lowest BCUT2D eigenvalue weighted by molar-refractivity contribution is -0.141. The minimum Gasteiger partial charge on any atom is -0.469 e. The van der Waals surface area contributed by atoms with Crippen LogP contribution >= 0.6 is 0 Å². The Kier molecular flexibility index (Phi) is 4.55. The first-order valence-corrected chi connectivity index (χ1v) is 7.59. The van der Waals surface area contributed by atoms with Gasteiger partial charge in [-0.15, -0.1) is 0 Å². The summed E-state index contributed by atoms with van der Waals surface area (Å²) in [5.41, 5.74) is 5.08. The molecule has 1 atom stereocenters. The molecule has 1 unspecified atom stereocenters. The molecule has 0 bridgehead atoms. The monoisotopic (exact) mass is 263 g/mol. The highest BCUT2D eigenvalue weighted by Gasteiger charge is 2.48. The molecule has 5 nitrogen and oxygen atoms in total. The molecule has 6 heteroatoms. The molecule has 0 saturated heterocycles. The van der Waals surface area contributed by atoms with Gasteiger partial charge < -0.3 is 10.5 Å². The largest absolute Gasteiger partial charge is 0.469 e. The first kappa shape index (κ1) is 14.4. The van der Waals surface area contributed by atoms with E-state index in [1.807, 2.05) is 6.92 Å². The number of hydrogen-bond acceptors (Lipinski definition) is 5. The van der Waals surface area contributed by atoms with Crippen LogP contribution in [-0.2, 0) is 19.4 Å². The molecule has 1 rings (SSSR count). The standard InChI is InChI=1S/C11H21NO4S/c1-3-9(7-12)17(14,15)8-11(4-5-11)6-10(13)16-2/h9H,3-8,12H2,1-2H3. The van der Waals surface area contributed by atoms with Crippen LogP contribution in [0.2, 0.25) is 0 Å². The predicted octanol–water partition coefficient (Wildman–Crippen LogP) is 0.482. The molecule has 2 N–H and O–H groups in total. The molecule has 1 saturated carbocycles. The van der Waals surface area contributed by atoms with Gasteiger partial charge >= 0.3 is 5.97 Å². The summed E-state index contributed by atoms with van der Waals surface area (Å²) in [6.07, 6.45) is 2.28. The lowest BCUT2D eigenvalue weighted by atomic mass is 10.1. The number of esters is 1. The van der Waals surface area contributed by atoms with Gasteiger partial charge in [0.2, 0.25) is 0 Å². The van der Waals surface area contributed by atoms with Crippen LogP contribution in [-0.4, -0.2) is 39.0 Å². The van der Waals surface area contributed by atoms with Crippen molar-refractivity contribution >= 4 is 15.8 Å². The summed E-state index contributed by atoms with van der Waals surface area (Å²) in [5.74, 6) is -0.274. The molecule has 0 radical (unpaired) electrons. The van der Waals surface area contributed by atoms with Gasteiger partial charge in [0.1, 0.15) is 0 Å². The van der Waals surface area contributed by atoms with E-state index in [-0.39, 0.29) is 30.1 Å². The summed E-state index contributed by atoms with van der Waals surface area (Å²) in [7, 11) is -1.88. The fourth-order valence-electron chi connectivity index (χ4n) is 2.04. The van der Waals surface area contributed by atoms with Crippen LogP contribution in [0.3, 0.4) is 0 Å². The first-order valence-electron chi connectivity index (χ1n) is 5.87. The van der Waals surface area contributed by atoms with E-state index in [4.69, 9.17) is 5.73 Å². The molecule has 1 aliphatic carbocycles. The highest BCUT2D eigenvalue weighted by atomic mass is 32.2. The van der Waals surface area contributed by atoms with Crippen molar-refractivity contribution in [3.63, 3.8) is 0 Å². The van der Waals surface area contributed by atoms with E-state index in [0.29, 0.717) is 6.42 Å². The summed E-state index contributed by atoms with van der Waals surface area (Å²) in [6, 6.07) is 0. The third kappa shape index (κ3) is 3.67.